The average Bonchev–Trinajstić information content (AvgIpc) is 3.51. The summed E-state index contributed by atoms with van der Waals surface area (Å²) in [5.41, 5.74) is 7.45. The molecular formula is C37H32N2O3S. The molecule has 214 valence electrons. The minimum atomic E-state index is -4.03. The van der Waals surface area contributed by atoms with Gasteiger partial charge in [0.2, 0.25) is 0 Å². The van der Waals surface area contributed by atoms with Gasteiger partial charge in [-0.05, 0) is 84.5 Å². The van der Waals surface area contributed by atoms with Crippen molar-refractivity contribution in [2.45, 2.75) is 37.1 Å². The fourth-order valence-electron chi connectivity index (χ4n) is 6.30. The Balaban J connectivity index is 1.18. The molecule has 0 aromatic heterocycles. The number of hydrogen-bond acceptors (Lipinski definition) is 5. The molecule has 0 spiro atoms. The molecule has 5 nitrogen and oxygen atoms in total. The summed E-state index contributed by atoms with van der Waals surface area (Å²) in [6, 6.07) is 33.2. The second-order valence-corrected chi connectivity index (χ2v) is 13.0. The summed E-state index contributed by atoms with van der Waals surface area (Å²) in [6.07, 6.45) is 7.41. The highest BCUT2D eigenvalue weighted by Crippen LogP contribution is 2.50. The van der Waals surface area contributed by atoms with Gasteiger partial charge in [-0.3, -0.25) is 4.99 Å². The van der Waals surface area contributed by atoms with E-state index < -0.39 is 10.1 Å². The van der Waals surface area contributed by atoms with E-state index in [9.17, 15) is 8.42 Å². The van der Waals surface area contributed by atoms with E-state index in [0.717, 1.165) is 28.4 Å². The van der Waals surface area contributed by atoms with Crippen LogP contribution in [0.1, 0.15) is 46.2 Å². The van der Waals surface area contributed by atoms with Gasteiger partial charge in [0, 0.05) is 23.4 Å². The molecule has 5 aromatic carbocycles. The van der Waals surface area contributed by atoms with E-state index in [1.165, 1.54) is 22.4 Å². The number of nitrogens with zero attached hydrogens (tertiary/aromatic N) is 1. The second kappa shape index (κ2) is 10.9. The number of aliphatic imine (C=N–C) groups is 1. The Labute approximate surface area is 252 Å². The van der Waals surface area contributed by atoms with E-state index in [1.54, 1.807) is 36.5 Å². The van der Waals surface area contributed by atoms with E-state index in [-0.39, 0.29) is 16.7 Å². The lowest BCUT2D eigenvalue weighted by molar-refractivity contribution is 0.425. The number of nitrogens with one attached hydrogen (secondary N) is 1. The van der Waals surface area contributed by atoms with E-state index in [0.29, 0.717) is 17.4 Å². The summed E-state index contributed by atoms with van der Waals surface area (Å²) in [4.78, 5) is 4.88. The van der Waals surface area contributed by atoms with Crippen LogP contribution in [0.2, 0.25) is 0 Å². The zero-order chi connectivity index (χ0) is 29.6. The molecule has 1 heterocycles. The molecule has 1 aliphatic carbocycles. The lowest BCUT2D eigenvalue weighted by Gasteiger charge is -2.37. The predicted molar refractivity (Wildman–Crippen MR) is 174 cm³/mol. The average molecular weight is 585 g/mol. The number of anilines is 1. The molecule has 7 rings (SSSR count). The Hall–Kier alpha value is -4.68. The normalized spacial score (nSPS) is 19.3. The fraction of sp³-hybridized carbons (Fsp3) is 0.162. The highest BCUT2D eigenvalue weighted by atomic mass is 32.2. The summed E-state index contributed by atoms with van der Waals surface area (Å²) in [7, 11) is -4.03. The third kappa shape index (κ3) is 5.23. The van der Waals surface area contributed by atoms with Gasteiger partial charge in [-0.15, -0.1) is 0 Å². The summed E-state index contributed by atoms with van der Waals surface area (Å²) in [5, 5.41) is 5.63. The van der Waals surface area contributed by atoms with Crippen LogP contribution < -0.4 is 9.50 Å². The topological polar surface area (TPSA) is 67.8 Å². The van der Waals surface area contributed by atoms with Crippen LogP contribution in [0, 0.1) is 19.8 Å². The van der Waals surface area contributed by atoms with Crippen LogP contribution in [-0.4, -0.2) is 14.6 Å². The molecular weight excluding hydrogens is 552 g/mol. The summed E-state index contributed by atoms with van der Waals surface area (Å²) in [5.74, 6) is 1.12. The number of fused-ring (bicyclic) bond motifs is 4. The third-order valence-corrected chi connectivity index (χ3v) is 9.80. The van der Waals surface area contributed by atoms with Crippen molar-refractivity contribution in [3.05, 3.63) is 143 Å². The highest BCUT2D eigenvalue weighted by molar-refractivity contribution is 7.87. The standard InChI is InChI=1S/C37H32N2O3S/c1-24-10-18-29(19-11-24)43(40,41)42-36-21-15-26-6-3-4-7-30(26)34(36)23-38-28-16-13-27(14-17-28)37-32-9-5-8-31(32)33-22-25(2)12-20-35(33)39-37/h3-8,10-23,31-32,37,39H,9H2,1-2H3/t31-,32-,37-/m0/s1. The minimum absolute atomic E-state index is 0.110. The van der Waals surface area contributed by atoms with Crippen molar-refractivity contribution in [1.82, 2.24) is 0 Å². The first kappa shape index (κ1) is 27.2. The maximum atomic E-state index is 13.2. The molecule has 0 saturated carbocycles. The predicted octanol–water partition coefficient (Wildman–Crippen LogP) is 8.80. The maximum Gasteiger partial charge on any atom is 0.339 e. The maximum absolute atomic E-state index is 13.2. The minimum Gasteiger partial charge on any atom is -0.378 e. The Morgan fingerprint density at radius 3 is 2.44 bits per heavy atom. The van der Waals surface area contributed by atoms with Crippen molar-refractivity contribution in [3.63, 3.8) is 0 Å². The van der Waals surface area contributed by atoms with Crippen molar-refractivity contribution in [2.24, 2.45) is 10.9 Å². The van der Waals surface area contributed by atoms with Crippen LogP contribution >= 0.6 is 0 Å². The largest absolute Gasteiger partial charge is 0.378 e. The van der Waals surface area contributed by atoms with Gasteiger partial charge in [-0.2, -0.15) is 8.42 Å². The molecule has 0 unspecified atom stereocenters. The SMILES string of the molecule is Cc1ccc(S(=O)(=O)Oc2ccc3ccccc3c2C=Nc2ccc([C@@H]3Nc4ccc(C)cc4[C@H]4C=CC[C@@H]43)cc2)cc1. The smallest absolute Gasteiger partial charge is 0.339 e. The van der Waals surface area contributed by atoms with Gasteiger partial charge in [-0.25, -0.2) is 0 Å². The van der Waals surface area contributed by atoms with Crippen molar-refractivity contribution in [3.8, 4) is 5.75 Å². The van der Waals surface area contributed by atoms with Crippen LogP contribution in [0.4, 0.5) is 11.4 Å². The quantitative estimate of drug-likeness (QED) is 0.123. The molecule has 5 aromatic rings. The van der Waals surface area contributed by atoms with E-state index in [4.69, 9.17) is 9.18 Å². The zero-order valence-corrected chi connectivity index (χ0v) is 24.9. The van der Waals surface area contributed by atoms with Gasteiger partial charge in [0.1, 0.15) is 4.90 Å². The van der Waals surface area contributed by atoms with Crippen LogP contribution in [0.15, 0.2) is 125 Å². The van der Waals surface area contributed by atoms with Crippen molar-refractivity contribution < 1.29 is 12.6 Å². The van der Waals surface area contributed by atoms with E-state index in [1.807, 2.05) is 49.4 Å². The van der Waals surface area contributed by atoms with Gasteiger partial charge < -0.3 is 9.50 Å². The molecule has 1 aliphatic heterocycles. The molecule has 0 fully saturated rings. The lowest BCUT2D eigenvalue weighted by Crippen LogP contribution is -2.29. The Bertz CT molecular complexity index is 2000. The van der Waals surface area contributed by atoms with Gasteiger partial charge >= 0.3 is 10.1 Å². The molecule has 0 saturated heterocycles. The lowest BCUT2D eigenvalue weighted by atomic mass is 9.76. The molecule has 43 heavy (non-hydrogen) atoms. The highest BCUT2D eigenvalue weighted by Gasteiger charge is 2.37. The van der Waals surface area contributed by atoms with Crippen LogP contribution in [0.3, 0.4) is 0 Å². The van der Waals surface area contributed by atoms with Gasteiger partial charge in [-0.1, -0.05) is 90.0 Å². The zero-order valence-electron chi connectivity index (χ0n) is 24.1. The van der Waals surface area contributed by atoms with Gasteiger partial charge in [0.25, 0.3) is 0 Å². The monoisotopic (exact) mass is 584 g/mol. The van der Waals surface area contributed by atoms with Crippen LogP contribution in [-0.2, 0) is 10.1 Å². The van der Waals surface area contributed by atoms with Crippen molar-refractivity contribution in [1.29, 1.82) is 0 Å². The second-order valence-electron chi connectivity index (χ2n) is 11.5. The first-order valence-electron chi connectivity index (χ1n) is 14.6. The number of aryl methyl sites for hydroxylation is 2. The number of rotatable bonds is 6. The molecule has 0 bridgehead atoms. The summed E-state index contributed by atoms with van der Waals surface area (Å²) >= 11 is 0. The summed E-state index contributed by atoms with van der Waals surface area (Å²) < 4.78 is 32.0. The molecule has 2 aliphatic rings. The van der Waals surface area contributed by atoms with Crippen LogP contribution in [0.5, 0.6) is 5.75 Å². The molecule has 1 N–H and O–H groups in total. The Kier molecular flexibility index (Phi) is 6.86. The molecule has 0 radical (unpaired) electrons. The van der Waals surface area contributed by atoms with E-state index in [2.05, 4.69) is 54.7 Å². The van der Waals surface area contributed by atoms with E-state index >= 15 is 0 Å². The first-order valence-corrected chi connectivity index (χ1v) is 16.0. The number of allylic oxidation sites excluding steroid dienone is 2. The molecule has 6 heteroatoms. The van der Waals surface area contributed by atoms with Gasteiger partial charge in [0.15, 0.2) is 5.75 Å². The molecule has 3 atom stereocenters. The third-order valence-electron chi connectivity index (χ3n) is 8.55. The number of hydrogen-bond donors (Lipinski definition) is 1. The van der Waals surface area contributed by atoms with Crippen molar-refractivity contribution in [2.75, 3.05) is 5.32 Å². The summed E-state index contributed by atoms with van der Waals surface area (Å²) in [6.45, 7) is 4.06. The van der Waals surface area contributed by atoms with Gasteiger partial charge in [0.05, 0.1) is 11.7 Å². The molecule has 0 amide bonds. The first-order chi connectivity index (χ1) is 20.9. The fourth-order valence-corrected chi connectivity index (χ4v) is 7.25. The van der Waals surface area contributed by atoms with Crippen molar-refractivity contribution >= 4 is 38.5 Å². The number of benzene rings is 5. The Morgan fingerprint density at radius 1 is 0.860 bits per heavy atom. The van der Waals surface area contributed by atoms with Crippen LogP contribution in [0.25, 0.3) is 10.8 Å². The Morgan fingerprint density at radius 2 is 1.63 bits per heavy atom.